The molecular weight excluding hydrogens is 230 g/mol. The first-order chi connectivity index (χ1) is 8.18. The van der Waals surface area contributed by atoms with Crippen LogP contribution in [0.2, 0.25) is 5.02 Å². The highest BCUT2D eigenvalue weighted by atomic mass is 35.5. The van der Waals surface area contributed by atoms with Crippen LogP contribution >= 0.6 is 11.6 Å². The summed E-state index contributed by atoms with van der Waals surface area (Å²) in [6.07, 6.45) is 2.22. The first-order valence-corrected chi connectivity index (χ1v) is 6.53. The SMILES string of the molecule is CC1CCC(N)c2cc(Cl)c3ccccc3c21. The normalized spacial score (nSPS) is 23.7. The van der Waals surface area contributed by atoms with E-state index in [1.165, 1.54) is 22.9 Å². The lowest BCUT2D eigenvalue weighted by Crippen LogP contribution is -2.19. The minimum atomic E-state index is 0.142. The Labute approximate surface area is 107 Å². The molecule has 0 spiro atoms. The molecule has 1 nitrogen and oxygen atoms in total. The van der Waals surface area contributed by atoms with Gasteiger partial charge in [-0.3, -0.25) is 0 Å². The first-order valence-electron chi connectivity index (χ1n) is 6.15. The zero-order valence-corrected chi connectivity index (χ0v) is 10.7. The highest BCUT2D eigenvalue weighted by molar-refractivity contribution is 6.35. The molecule has 2 N–H and O–H groups in total. The molecule has 0 aliphatic heterocycles. The molecule has 2 unspecified atom stereocenters. The van der Waals surface area contributed by atoms with Gasteiger partial charge in [-0.2, -0.15) is 0 Å². The summed E-state index contributed by atoms with van der Waals surface area (Å²) in [5, 5.41) is 3.25. The molecule has 1 aliphatic carbocycles. The smallest absolute Gasteiger partial charge is 0.0487 e. The summed E-state index contributed by atoms with van der Waals surface area (Å²) in [7, 11) is 0. The molecule has 2 atom stereocenters. The van der Waals surface area contributed by atoms with Gasteiger partial charge in [0.2, 0.25) is 0 Å². The van der Waals surface area contributed by atoms with E-state index in [2.05, 4.69) is 31.2 Å². The number of nitrogens with two attached hydrogens (primary N) is 1. The summed E-state index contributed by atoms with van der Waals surface area (Å²) in [6.45, 7) is 2.28. The summed E-state index contributed by atoms with van der Waals surface area (Å²) < 4.78 is 0. The fraction of sp³-hybridized carbons (Fsp3) is 0.333. The van der Waals surface area contributed by atoms with Crippen molar-refractivity contribution in [2.24, 2.45) is 5.73 Å². The van der Waals surface area contributed by atoms with Crippen molar-refractivity contribution in [1.82, 2.24) is 0 Å². The maximum atomic E-state index is 6.35. The zero-order valence-electron chi connectivity index (χ0n) is 9.91. The maximum Gasteiger partial charge on any atom is 0.0487 e. The maximum absolute atomic E-state index is 6.35. The fourth-order valence-corrected chi connectivity index (χ4v) is 3.24. The second-order valence-electron chi connectivity index (χ2n) is 4.99. The lowest BCUT2D eigenvalue weighted by molar-refractivity contribution is 0.517. The third kappa shape index (κ3) is 1.65. The lowest BCUT2D eigenvalue weighted by Gasteiger charge is -2.29. The molecular formula is C15H16ClN. The van der Waals surface area contributed by atoms with Gasteiger partial charge in [0.15, 0.2) is 0 Å². The average molecular weight is 246 g/mol. The Kier molecular flexibility index (Phi) is 2.61. The van der Waals surface area contributed by atoms with E-state index in [1.54, 1.807) is 0 Å². The summed E-state index contributed by atoms with van der Waals surface area (Å²) in [6, 6.07) is 10.6. The largest absolute Gasteiger partial charge is 0.324 e. The fourth-order valence-electron chi connectivity index (χ4n) is 2.96. The monoisotopic (exact) mass is 245 g/mol. The van der Waals surface area contributed by atoms with E-state index in [0.717, 1.165) is 16.8 Å². The van der Waals surface area contributed by atoms with Crippen LogP contribution < -0.4 is 5.73 Å². The van der Waals surface area contributed by atoms with E-state index in [1.807, 2.05) is 6.07 Å². The van der Waals surface area contributed by atoms with Gasteiger partial charge < -0.3 is 5.73 Å². The summed E-state index contributed by atoms with van der Waals surface area (Å²) in [5.74, 6) is 0.576. The molecule has 0 fully saturated rings. The number of hydrogen-bond donors (Lipinski definition) is 1. The van der Waals surface area contributed by atoms with Gasteiger partial charge in [-0.15, -0.1) is 0 Å². The Bertz CT molecular complexity index is 576. The first kappa shape index (κ1) is 11.1. The molecule has 17 heavy (non-hydrogen) atoms. The molecule has 3 rings (SSSR count). The van der Waals surface area contributed by atoms with Crippen molar-refractivity contribution in [3.05, 3.63) is 46.5 Å². The molecule has 1 aliphatic rings. The topological polar surface area (TPSA) is 26.0 Å². The second-order valence-corrected chi connectivity index (χ2v) is 5.40. The minimum Gasteiger partial charge on any atom is -0.324 e. The Morgan fingerprint density at radius 1 is 1.18 bits per heavy atom. The third-order valence-corrected chi connectivity index (χ3v) is 4.18. The van der Waals surface area contributed by atoms with E-state index in [-0.39, 0.29) is 6.04 Å². The zero-order chi connectivity index (χ0) is 12.0. The Hall–Kier alpha value is -1.05. The van der Waals surface area contributed by atoms with Gasteiger partial charge >= 0.3 is 0 Å². The molecule has 0 aromatic heterocycles. The number of rotatable bonds is 0. The Morgan fingerprint density at radius 2 is 1.88 bits per heavy atom. The molecule has 0 heterocycles. The Morgan fingerprint density at radius 3 is 2.65 bits per heavy atom. The van der Waals surface area contributed by atoms with Crippen LogP contribution in [0.25, 0.3) is 10.8 Å². The second kappa shape index (κ2) is 4.01. The predicted molar refractivity (Wildman–Crippen MR) is 73.5 cm³/mol. The molecule has 88 valence electrons. The quantitative estimate of drug-likeness (QED) is 0.732. The standard InChI is InChI=1S/C15H16ClN/c1-9-6-7-14(17)12-8-13(16)10-4-2-3-5-11(10)15(9)12/h2-5,8-9,14H,6-7,17H2,1H3. The van der Waals surface area contributed by atoms with E-state index < -0.39 is 0 Å². The predicted octanol–water partition coefficient (Wildman–Crippen LogP) is 4.39. The average Bonchev–Trinajstić information content (AvgIpc) is 2.34. The van der Waals surface area contributed by atoms with E-state index in [0.29, 0.717) is 5.92 Å². The van der Waals surface area contributed by atoms with Crippen molar-refractivity contribution < 1.29 is 0 Å². The molecule has 2 aromatic carbocycles. The van der Waals surface area contributed by atoms with Crippen LogP contribution in [-0.2, 0) is 0 Å². The lowest BCUT2D eigenvalue weighted by atomic mass is 9.79. The summed E-state index contributed by atoms with van der Waals surface area (Å²) in [5.41, 5.74) is 8.86. The van der Waals surface area contributed by atoms with E-state index >= 15 is 0 Å². The van der Waals surface area contributed by atoms with Crippen LogP contribution in [0.4, 0.5) is 0 Å². The van der Waals surface area contributed by atoms with Crippen LogP contribution in [0.1, 0.15) is 42.9 Å². The number of fused-ring (bicyclic) bond motifs is 3. The van der Waals surface area contributed by atoms with Gasteiger partial charge in [0.25, 0.3) is 0 Å². The minimum absolute atomic E-state index is 0.142. The van der Waals surface area contributed by atoms with Crippen LogP contribution in [0, 0.1) is 0 Å². The number of benzene rings is 2. The molecule has 0 bridgehead atoms. The molecule has 0 radical (unpaired) electrons. The summed E-state index contributed by atoms with van der Waals surface area (Å²) in [4.78, 5) is 0. The molecule has 0 saturated heterocycles. The Balaban J connectivity index is 2.41. The van der Waals surface area contributed by atoms with Gasteiger partial charge in [0.05, 0.1) is 0 Å². The van der Waals surface area contributed by atoms with E-state index in [9.17, 15) is 0 Å². The van der Waals surface area contributed by atoms with Crippen molar-refractivity contribution in [1.29, 1.82) is 0 Å². The molecule has 2 aromatic rings. The van der Waals surface area contributed by atoms with Gasteiger partial charge in [0.1, 0.15) is 0 Å². The van der Waals surface area contributed by atoms with Crippen LogP contribution in [0.3, 0.4) is 0 Å². The third-order valence-electron chi connectivity index (χ3n) is 3.87. The van der Waals surface area contributed by atoms with Crippen LogP contribution in [-0.4, -0.2) is 0 Å². The van der Waals surface area contributed by atoms with Crippen molar-refractivity contribution in [2.45, 2.75) is 31.7 Å². The molecule has 0 amide bonds. The van der Waals surface area contributed by atoms with Crippen molar-refractivity contribution in [2.75, 3.05) is 0 Å². The van der Waals surface area contributed by atoms with Gasteiger partial charge in [-0.25, -0.2) is 0 Å². The van der Waals surface area contributed by atoms with Gasteiger partial charge in [-0.05, 0) is 41.3 Å². The highest BCUT2D eigenvalue weighted by Gasteiger charge is 2.25. The van der Waals surface area contributed by atoms with E-state index in [4.69, 9.17) is 17.3 Å². The van der Waals surface area contributed by atoms with Crippen LogP contribution in [0.15, 0.2) is 30.3 Å². The van der Waals surface area contributed by atoms with Gasteiger partial charge in [-0.1, -0.05) is 42.8 Å². The van der Waals surface area contributed by atoms with Gasteiger partial charge in [0, 0.05) is 16.5 Å². The molecule has 2 heteroatoms. The summed E-state index contributed by atoms with van der Waals surface area (Å²) >= 11 is 6.35. The number of halogens is 1. The molecule has 0 saturated carbocycles. The van der Waals surface area contributed by atoms with Crippen molar-refractivity contribution in [3.8, 4) is 0 Å². The highest BCUT2D eigenvalue weighted by Crippen LogP contribution is 2.42. The van der Waals surface area contributed by atoms with Crippen molar-refractivity contribution >= 4 is 22.4 Å². The number of hydrogen-bond acceptors (Lipinski definition) is 1. The van der Waals surface area contributed by atoms with Crippen molar-refractivity contribution in [3.63, 3.8) is 0 Å². The van der Waals surface area contributed by atoms with Crippen LogP contribution in [0.5, 0.6) is 0 Å².